The van der Waals surface area contributed by atoms with E-state index in [2.05, 4.69) is 22.6 Å². The second kappa shape index (κ2) is 7.20. The van der Waals surface area contributed by atoms with Crippen LogP contribution < -0.4 is 4.74 Å². The van der Waals surface area contributed by atoms with Crippen LogP contribution in [0.3, 0.4) is 0 Å². The average Bonchev–Trinajstić information content (AvgIpc) is 3.11. The van der Waals surface area contributed by atoms with Crippen molar-refractivity contribution < 1.29 is 32.5 Å². The molecular weight excluding hydrogens is 500 g/mol. The zero-order chi connectivity index (χ0) is 20.0. The smallest absolute Gasteiger partial charge is 0.416 e. The molecule has 9 heteroatoms. The van der Waals surface area contributed by atoms with Gasteiger partial charge in [-0.3, -0.25) is 4.79 Å². The number of ether oxygens (including phenoxy) is 2. The van der Waals surface area contributed by atoms with Crippen molar-refractivity contribution in [3.63, 3.8) is 0 Å². The SMILES string of the molecule is C[C@@]1(C(=O)O)[C@H](OC2=CC(Oc3ccc(C(F)(F)F)cc3Cl)=CCC2)[C@@H]1I. The Balaban J connectivity index is 1.70. The first-order valence-electron chi connectivity index (χ1n) is 8.03. The number of allylic oxidation sites excluding steroid dienone is 3. The second-order valence-electron chi connectivity index (χ2n) is 6.53. The summed E-state index contributed by atoms with van der Waals surface area (Å²) >= 11 is 7.96. The summed E-state index contributed by atoms with van der Waals surface area (Å²) in [5, 5.41) is 9.15. The topological polar surface area (TPSA) is 55.8 Å². The van der Waals surface area contributed by atoms with Gasteiger partial charge in [-0.25, -0.2) is 0 Å². The van der Waals surface area contributed by atoms with Crippen LogP contribution in [0, 0.1) is 5.41 Å². The summed E-state index contributed by atoms with van der Waals surface area (Å²) in [6.07, 6.45) is -0.349. The van der Waals surface area contributed by atoms with Crippen LogP contribution in [0.2, 0.25) is 5.02 Å². The highest BCUT2D eigenvalue weighted by molar-refractivity contribution is 14.1. The molecule has 2 aliphatic rings. The van der Waals surface area contributed by atoms with Crippen LogP contribution in [-0.2, 0) is 15.7 Å². The van der Waals surface area contributed by atoms with Gasteiger partial charge in [0.25, 0.3) is 0 Å². The normalized spacial score (nSPS) is 27.5. The average molecular weight is 515 g/mol. The van der Waals surface area contributed by atoms with Gasteiger partial charge in [0, 0.05) is 12.5 Å². The van der Waals surface area contributed by atoms with Crippen LogP contribution in [0.25, 0.3) is 0 Å². The molecule has 0 aromatic heterocycles. The Morgan fingerprint density at radius 2 is 2.11 bits per heavy atom. The number of carbonyl (C=O) groups is 1. The van der Waals surface area contributed by atoms with Crippen LogP contribution in [0.4, 0.5) is 13.2 Å². The van der Waals surface area contributed by atoms with Crippen LogP contribution in [0.5, 0.6) is 5.75 Å². The van der Waals surface area contributed by atoms with Crippen LogP contribution in [-0.4, -0.2) is 21.1 Å². The van der Waals surface area contributed by atoms with Gasteiger partial charge in [0.15, 0.2) is 0 Å². The molecule has 1 saturated carbocycles. The molecule has 1 fully saturated rings. The van der Waals surface area contributed by atoms with E-state index in [0.29, 0.717) is 24.4 Å². The lowest BCUT2D eigenvalue weighted by molar-refractivity contribution is -0.144. The molecule has 0 unspecified atom stereocenters. The molecule has 0 amide bonds. The van der Waals surface area contributed by atoms with Crippen molar-refractivity contribution in [2.45, 2.75) is 36.0 Å². The Hall–Kier alpha value is -1.42. The first kappa shape index (κ1) is 20.3. The molecule has 0 saturated heterocycles. The molecule has 4 nitrogen and oxygen atoms in total. The van der Waals surface area contributed by atoms with E-state index in [9.17, 15) is 23.1 Å². The minimum absolute atomic E-state index is 0.0991. The third-order valence-corrected chi connectivity index (χ3v) is 6.83. The zero-order valence-electron chi connectivity index (χ0n) is 14.0. The fourth-order valence-corrected chi connectivity index (χ4v) is 4.23. The van der Waals surface area contributed by atoms with Gasteiger partial charge in [0.05, 0.1) is 14.5 Å². The summed E-state index contributed by atoms with van der Waals surface area (Å²) in [5.74, 6) is 0.154. The van der Waals surface area contributed by atoms with E-state index in [1.54, 1.807) is 19.1 Å². The lowest BCUT2D eigenvalue weighted by Gasteiger charge is -2.17. The standard InChI is InChI=1S/C18H15ClF3IO4/c1-17(16(24)25)14(23)15(17)27-11-4-2-3-10(8-11)26-13-6-5-9(7-12(13)19)18(20,21)22/h3,5-8,14-15H,2,4H2,1H3,(H,24,25)/t14-,15+,17-/m0/s1. The van der Waals surface area contributed by atoms with Gasteiger partial charge in [-0.1, -0.05) is 34.2 Å². The molecule has 1 aromatic rings. The van der Waals surface area contributed by atoms with E-state index in [0.717, 1.165) is 18.2 Å². The minimum atomic E-state index is -4.48. The molecule has 0 spiro atoms. The van der Waals surface area contributed by atoms with Gasteiger partial charge in [-0.2, -0.15) is 13.2 Å². The number of aliphatic carboxylic acids is 1. The van der Waals surface area contributed by atoms with E-state index in [1.807, 2.05) is 0 Å². The summed E-state index contributed by atoms with van der Waals surface area (Å²) in [6, 6.07) is 2.87. The molecule has 3 rings (SSSR count). The van der Waals surface area contributed by atoms with E-state index in [1.165, 1.54) is 0 Å². The van der Waals surface area contributed by atoms with Crippen molar-refractivity contribution >= 4 is 40.2 Å². The predicted octanol–water partition coefficient (Wildman–Crippen LogP) is 5.59. The number of alkyl halides is 4. The Bertz CT molecular complexity index is 836. The number of rotatable bonds is 5. The first-order chi connectivity index (χ1) is 12.5. The summed E-state index contributed by atoms with van der Waals surface area (Å²) < 4.78 is 49.4. The number of hydrogen-bond donors (Lipinski definition) is 1. The van der Waals surface area contributed by atoms with Crippen molar-refractivity contribution in [3.05, 3.63) is 52.5 Å². The number of carboxylic acid groups (broad SMARTS) is 1. The van der Waals surface area contributed by atoms with Gasteiger partial charge in [0.2, 0.25) is 0 Å². The largest absolute Gasteiger partial charge is 0.492 e. The lowest BCUT2D eigenvalue weighted by atomic mass is 10.1. The summed E-state index contributed by atoms with van der Waals surface area (Å²) in [4.78, 5) is 11.4. The van der Waals surface area contributed by atoms with Crippen molar-refractivity contribution in [1.29, 1.82) is 0 Å². The third-order valence-electron chi connectivity index (χ3n) is 4.59. The molecule has 0 aliphatic heterocycles. The number of benzene rings is 1. The molecule has 2 aliphatic carbocycles. The molecule has 0 bridgehead atoms. The van der Waals surface area contributed by atoms with E-state index >= 15 is 0 Å². The summed E-state index contributed by atoms with van der Waals surface area (Å²) in [5.41, 5.74) is -1.79. The molecule has 1 aromatic carbocycles. The van der Waals surface area contributed by atoms with E-state index in [4.69, 9.17) is 21.1 Å². The molecule has 27 heavy (non-hydrogen) atoms. The van der Waals surface area contributed by atoms with Crippen LogP contribution >= 0.6 is 34.2 Å². The van der Waals surface area contributed by atoms with Crippen molar-refractivity contribution in [2.24, 2.45) is 5.41 Å². The highest BCUT2D eigenvalue weighted by Gasteiger charge is 2.68. The summed E-state index contributed by atoms with van der Waals surface area (Å²) in [7, 11) is 0. The molecule has 146 valence electrons. The lowest BCUT2D eigenvalue weighted by Crippen LogP contribution is -2.17. The summed E-state index contributed by atoms with van der Waals surface area (Å²) in [6.45, 7) is 1.63. The Labute approximate surface area is 172 Å². The van der Waals surface area contributed by atoms with Gasteiger partial charge in [0.1, 0.15) is 28.8 Å². The molecule has 1 N–H and O–H groups in total. The molecule has 0 radical (unpaired) electrons. The molecule has 3 atom stereocenters. The quantitative estimate of drug-likeness (QED) is 0.411. The maximum atomic E-state index is 12.7. The Morgan fingerprint density at radius 3 is 2.67 bits per heavy atom. The van der Waals surface area contributed by atoms with Gasteiger partial charge in [-0.15, -0.1) is 0 Å². The minimum Gasteiger partial charge on any atom is -0.492 e. The highest BCUT2D eigenvalue weighted by atomic mass is 127. The fourth-order valence-electron chi connectivity index (χ4n) is 2.71. The van der Waals surface area contributed by atoms with E-state index in [-0.39, 0.29) is 14.7 Å². The maximum Gasteiger partial charge on any atom is 0.416 e. The monoisotopic (exact) mass is 514 g/mol. The zero-order valence-corrected chi connectivity index (χ0v) is 16.9. The molecule has 0 heterocycles. The number of hydrogen-bond acceptors (Lipinski definition) is 3. The van der Waals surface area contributed by atoms with Crippen LogP contribution in [0.15, 0.2) is 41.9 Å². The second-order valence-corrected chi connectivity index (χ2v) is 8.28. The maximum absolute atomic E-state index is 12.7. The predicted molar refractivity (Wildman–Crippen MR) is 101 cm³/mol. The fraction of sp³-hybridized carbons (Fsp3) is 0.389. The highest BCUT2D eigenvalue weighted by Crippen LogP contribution is 2.55. The van der Waals surface area contributed by atoms with Gasteiger partial charge < -0.3 is 14.6 Å². The Kier molecular flexibility index (Phi) is 5.42. The number of halogens is 5. The van der Waals surface area contributed by atoms with E-state index < -0.39 is 29.2 Å². The van der Waals surface area contributed by atoms with Crippen molar-refractivity contribution in [1.82, 2.24) is 0 Å². The number of carboxylic acids is 1. The third kappa shape index (κ3) is 4.06. The van der Waals surface area contributed by atoms with Crippen molar-refractivity contribution in [3.8, 4) is 5.75 Å². The van der Waals surface area contributed by atoms with Gasteiger partial charge in [-0.05, 0) is 37.6 Å². The van der Waals surface area contributed by atoms with Crippen LogP contribution in [0.1, 0.15) is 25.3 Å². The van der Waals surface area contributed by atoms with Gasteiger partial charge >= 0.3 is 12.1 Å². The molecular formula is C18H15ClF3IO4. The Morgan fingerprint density at radius 1 is 1.41 bits per heavy atom. The van der Waals surface area contributed by atoms with Crippen molar-refractivity contribution in [2.75, 3.05) is 0 Å². The first-order valence-corrected chi connectivity index (χ1v) is 9.65.